The van der Waals surface area contributed by atoms with Crippen LogP contribution in [0, 0.1) is 0 Å². The molecule has 0 bridgehead atoms. The number of hydrogen-bond acceptors (Lipinski definition) is 2. The molecule has 1 aromatic heterocycles. The minimum absolute atomic E-state index is 0.0398. The molecule has 1 heterocycles. The number of rotatable bonds is 3. The molecule has 3 heteroatoms. The third kappa shape index (κ3) is 2.18. The standard InChI is InChI=1S/C14H17NO2/c1-4-10(2)17-13-9-14(16)15(3)12-8-6-5-7-11(12)13/h5-10H,4H2,1-3H3. The largest absolute Gasteiger partial charge is 0.490 e. The lowest BCUT2D eigenvalue weighted by Crippen LogP contribution is -2.18. The van der Waals surface area contributed by atoms with Crippen LogP contribution in [0.15, 0.2) is 35.1 Å². The number of nitrogens with zero attached hydrogens (tertiary/aromatic N) is 1. The maximum absolute atomic E-state index is 11.8. The highest BCUT2D eigenvalue weighted by atomic mass is 16.5. The Hall–Kier alpha value is -1.77. The number of para-hydroxylation sites is 1. The quantitative estimate of drug-likeness (QED) is 0.813. The summed E-state index contributed by atoms with van der Waals surface area (Å²) in [5.74, 6) is 0.679. The van der Waals surface area contributed by atoms with E-state index in [0.29, 0.717) is 5.75 Å². The Morgan fingerprint density at radius 2 is 2.06 bits per heavy atom. The Morgan fingerprint density at radius 3 is 2.76 bits per heavy atom. The van der Waals surface area contributed by atoms with Gasteiger partial charge in [-0.05, 0) is 25.5 Å². The summed E-state index contributed by atoms with van der Waals surface area (Å²) in [4.78, 5) is 11.8. The Bertz CT molecular complexity index is 586. The van der Waals surface area contributed by atoms with Crippen molar-refractivity contribution in [2.45, 2.75) is 26.4 Å². The molecule has 90 valence electrons. The summed E-state index contributed by atoms with van der Waals surface area (Å²) in [6, 6.07) is 9.35. The van der Waals surface area contributed by atoms with Crippen molar-refractivity contribution in [2.75, 3.05) is 0 Å². The van der Waals surface area contributed by atoms with Gasteiger partial charge in [-0.3, -0.25) is 4.79 Å². The summed E-state index contributed by atoms with van der Waals surface area (Å²) in [6.07, 6.45) is 1.04. The first-order chi connectivity index (χ1) is 8.13. The van der Waals surface area contributed by atoms with Crippen LogP contribution in [0.1, 0.15) is 20.3 Å². The van der Waals surface area contributed by atoms with E-state index in [2.05, 4.69) is 6.92 Å². The fraction of sp³-hybridized carbons (Fsp3) is 0.357. The second kappa shape index (κ2) is 4.62. The molecule has 0 fully saturated rings. The van der Waals surface area contributed by atoms with Crippen molar-refractivity contribution in [3.63, 3.8) is 0 Å². The smallest absolute Gasteiger partial charge is 0.254 e. The van der Waals surface area contributed by atoms with Crippen molar-refractivity contribution in [1.82, 2.24) is 4.57 Å². The van der Waals surface area contributed by atoms with Crippen LogP contribution < -0.4 is 10.3 Å². The summed E-state index contributed by atoms with van der Waals surface area (Å²) in [7, 11) is 1.78. The molecular weight excluding hydrogens is 214 g/mol. The molecule has 0 N–H and O–H groups in total. The Labute approximate surface area is 101 Å². The molecule has 0 spiro atoms. The lowest BCUT2D eigenvalue weighted by Gasteiger charge is -2.15. The molecule has 1 unspecified atom stereocenters. The average Bonchev–Trinajstić information content (AvgIpc) is 2.35. The van der Waals surface area contributed by atoms with Crippen LogP contribution in [0.25, 0.3) is 10.9 Å². The molecule has 2 rings (SSSR count). The molecule has 3 nitrogen and oxygen atoms in total. The minimum Gasteiger partial charge on any atom is -0.490 e. The number of benzene rings is 1. The van der Waals surface area contributed by atoms with Crippen molar-refractivity contribution in [3.8, 4) is 5.75 Å². The van der Waals surface area contributed by atoms with E-state index in [1.54, 1.807) is 17.7 Å². The van der Waals surface area contributed by atoms with Crippen LogP contribution in [-0.2, 0) is 7.05 Å². The SMILES string of the molecule is CCC(C)Oc1cc(=O)n(C)c2ccccc12. The summed E-state index contributed by atoms with van der Waals surface area (Å²) < 4.78 is 7.44. The van der Waals surface area contributed by atoms with Gasteiger partial charge in [-0.2, -0.15) is 0 Å². The summed E-state index contributed by atoms with van der Waals surface area (Å²) in [5, 5.41) is 0.981. The molecule has 0 aliphatic rings. The van der Waals surface area contributed by atoms with Gasteiger partial charge in [-0.1, -0.05) is 19.1 Å². The van der Waals surface area contributed by atoms with Gasteiger partial charge in [0.15, 0.2) is 0 Å². The molecule has 0 saturated heterocycles. The monoisotopic (exact) mass is 231 g/mol. The Kier molecular flexibility index (Phi) is 3.18. The summed E-state index contributed by atoms with van der Waals surface area (Å²) >= 11 is 0. The predicted octanol–water partition coefficient (Wildman–Crippen LogP) is 2.72. The molecule has 17 heavy (non-hydrogen) atoms. The van der Waals surface area contributed by atoms with Crippen LogP contribution in [0.5, 0.6) is 5.75 Å². The van der Waals surface area contributed by atoms with Crippen molar-refractivity contribution >= 4 is 10.9 Å². The van der Waals surface area contributed by atoms with Crippen LogP contribution >= 0.6 is 0 Å². The van der Waals surface area contributed by atoms with Gasteiger partial charge in [0, 0.05) is 18.5 Å². The fourth-order valence-electron chi connectivity index (χ4n) is 1.78. The summed E-state index contributed by atoms with van der Waals surface area (Å²) in [5.41, 5.74) is 0.861. The molecule has 0 saturated carbocycles. The topological polar surface area (TPSA) is 31.2 Å². The Morgan fingerprint density at radius 1 is 1.35 bits per heavy atom. The number of hydrogen-bond donors (Lipinski definition) is 0. The van der Waals surface area contributed by atoms with Crippen LogP contribution in [0.2, 0.25) is 0 Å². The van der Waals surface area contributed by atoms with Gasteiger partial charge in [0.05, 0.1) is 11.6 Å². The zero-order valence-corrected chi connectivity index (χ0v) is 10.4. The van der Waals surface area contributed by atoms with Gasteiger partial charge in [-0.25, -0.2) is 0 Å². The van der Waals surface area contributed by atoms with E-state index >= 15 is 0 Å². The number of aromatic nitrogens is 1. The third-order valence-corrected chi connectivity index (χ3v) is 3.02. The second-order valence-electron chi connectivity index (χ2n) is 4.26. The van der Waals surface area contributed by atoms with Crippen LogP contribution in [0.3, 0.4) is 0 Å². The number of fused-ring (bicyclic) bond motifs is 1. The van der Waals surface area contributed by atoms with E-state index in [-0.39, 0.29) is 11.7 Å². The number of ether oxygens (including phenoxy) is 1. The molecule has 2 aromatic rings. The van der Waals surface area contributed by atoms with Gasteiger partial charge in [0.25, 0.3) is 5.56 Å². The maximum Gasteiger partial charge on any atom is 0.254 e. The third-order valence-electron chi connectivity index (χ3n) is 3.02. The molecule has 0 aliphatic heterocycles. The highest BCUT2D eigenvalue weighted by molar-refractivity contribution is 5.85. The first-order valence-electron chi connectivity index (χ1n) is 5.89. The van der Waals surface area contributed by atoms with Gasteiger partial charge < -0.3 is 9.30 Å². The maximum atomic E-state index is 11.8. The lowest BCUT2D eigenvalue weighted by atomic mass is 10.2. The van der Waals surface area contributed by atoms with E-state index in [9.17, 15) is 4.79 Å². The molecule has 1 atom stereocenters. The van der Waals surface area contributed by atoms with Gasteiger partial charge in [-0.15, -0.1) is 0 Å². The van der Waals surface area contributed by atoms with E-state index < -0.39 is 0 Å². The zero-order valence-electron chi connectivity index (χ0n) is 10.4. The number of pyridine rings is 1. The normalized spacial score (nSPS) is 12.6. The van der Waals surface area contributed by atoms with E-state index in [4.69, 9.17) is 4.74 Å². The van der Waals surface area contributed by atoms with E-state index in [0.717, 1.165) is 17.3 Å². The predicted molar refractivity (Wildman–Crippen MR) is 69.6 cm³/mol. The van der Waals surface area contributed by atoms with Crippen molar-refractivity contribution in [1.29, 1.82) is 0 Å². The van der Waals surface area contributed by atoms with Gasteiger partial charge >= 0.3 is 0 Å². The van der Waals surface area contributed by atoms with Gasteiger partial charge in [0.1, 0.15) is 5.75 Å². The number of aryl methyl sites for hydroxylation is 1. The minimum atomic E-state index is -0.0398. The summed E-state index contributed by atoms with van der Waals surface area (Å²) in [6.45, 7) is 4.07. The fourth-order valence-corrected chi connectivity index (χ4v) is 1.78. The van der Waals surface area contributed by atoms with E-state index in [1.807, 2.05) is 31.2 Å². The molecule has 0 amide bonds. The molecule has 1 aromatic carbocycles. The first-order valence-corrected chi connectivity index (χ1v) is 5.89. The van der Waals surface area contributed by atoms with Crippen molar-refractivity contribution < 1.29 is 4.74 Å². The van der Waals surface area contributed by atoms with Crippen molar-refractivity contribution in [2.24, 2.45) is 7.05 Å². The zero-order chi connectivity index (χ0) is 12.4. The highest BCUT2D eigenvalue weighted by Gasteiger charge is 2.09. The lowest BCUT2D eigenvalue weighted by molar-refractivity contribution is 0.220. The second-order valence-corrected chi connectivity index (χ2v) is 4.26. The van der Waals surface area contributed by atoms with Gasteiger partial charge in [0.2, 0.25) is 0 Å². The van der Waals surface area contributed by atoms with Crippen LogP contribution in [0.4, 0.5) is 0 Å². The first kappa shape index (κ1) is 11.7. The van der Waals surface area contributed by atoms with E-state index in [1.165, 1.54) is 0 Å². The highest BCUT2D eigenvalue weighted by Crippen LogP contribution is 2.24. The van der Waals surface area contributed by atoms with Crippen LogP contribution in [-0.4, -0.2) is 10.7 Å². The molecule has 0 radical (unpaired) electrons. The van der Waals surface area contributed by atoms with Crippen molar-refractivity contribution in [3.05, 3.63) is 40.7 Å². The Balaban J connectivity index is 2.63. The average molecular weight is 231 g/mol. The molecular formula is C14H17NO2. The molecule has 0 aliphatic carbocycles.